The molecule has 2 heterocycles. The van der Waals surface area contributed by atoms with Crippen molar-refractivity contribution in [2.45, 2.75) is 25.4 Å². The molecule has 5 rings (SSSR count). The molecule has 1 unspecified atom stereocenters. The van der Waals surface area contributed by atoms with Gasteiger partial charge in [0.2, 0.25) is 0 Å². The lowest BCUT2D eigenvalue weighted by molar-refractivity contribution is -0.149. The number of nitrogens with two attached hydrogens (primary N) is 1. The summed E-state index contributed by atoms with van der Waals surface area (Å²) in [7, 11) is 0. The quantitative estimate of drug-likeness (QED) is 0.257. The number of aromatic carboxylic acids is 1. The fraction of sp³-hybridized carbons (Fsp3) is 0.179. The molecule has 188 valence electrons. The topological polar surface area (TPSA) is 126 Å². The molecule has 0 saturated carbocycles. The maximum absolute atomic E-state index is 14.2. The number of carboxylic acid groups (broad SMARTS) is 1. The van der Waals surface area contributed by atoms with Gasteiger partial charge >= 0.3 is 11.9 Å². The fourth-order valence-corrected chi connectivity index (χ4v) is 5.29. The molecule has 4 aromatic rings. The highest BCUT2D eigenvalue weighted by Gasteiger charge is 2.45. The molecular formula is C28H24ClN3O5. The first-order valence-electron chi connectivity index (χ1n) is 11.8. The van der Waals surface area contributed by atoms with Gasteiger partial charge in [0.1, 0.15) is 12.1 Å². The van der Waals surface area contributed by atoms with E-state index in [0.29, 0.717) is 16.9 Å². The van der Waals surface area contributed by atoms with Crippen LogP contribution in [-0.4, -0.2) is 45.5 Å². The number of H-pyrrole nitrogens is 1. The third kappa shape index (κ3) is 4.09. The third-order valence-corrected chi connectivity index (χ3v) is 7.10. The summed E-state index contributed by atoms with van der Waals surface area (Å²) in [6, 6.07) is 16.8. The van der Waals surface area contributed by atoms with Crippen LogP contribution in [0.25, 0.3) is 10.9 Å². The Balaban J connectivity index is 1.81. The number of amides is 1. The van der Waals surface area contributed by atoms with E-state index >= 15 is 0 Å². The van der Waals surface area contributed by atoms with Crippen LogP contribution in [0, 0.1) is 0 Å². The van der Waals surface area contributed by atoms with Gasteiger partial charge in [0, 0.05) is 28.6 Å². The number of nitrogens with one attached hydrogen (secondary N) is 1. The van der Waals surface area contributed by atoms with Gasteiger partial charge in [0.15, 0.2) is 0 Å². The maximum Gasteiger partial charge on any atom is 0.336 e. The number of hydrogen-bond donors (Lipinski definition) is 3. The number of rotatable bonds is 5. The van der Waals surface area contributed by atoms with E-state index in [1.54, 1.807) is 37.3 Å². The number of nitrogens with zero attached hydrogens (tertiary/aromatic N) is 1. The molecule has 3 aromatic carbocycles. The van der Waals surface area contributed by atoms with Crippen molar-refractivity contribution in [1.29, 1.82) is 0 Å². The third-order valence-electron chi connectivity index (χ3n) is 6.67. The van der Waals surface area contributed by atoms with E-state index in [4.69, 9.17) is 22.1 Å². The number of anilines is 1. The van der Waals surface area contributed by atoms with Gasteiger partial charge in [-0.05, 0) is 36.8 Å². The average Bonchev–Trinajstić information content (AvgIpc) is 3.27. The molecule has 9 heteroatoms. The van der Waals surface area contributed by atoms with Crippen molar-refractivity contribution in [3.63, 3.8) is 0 Å². The number of benzene rings is 3. The highest BCUT2D eigenvalue weighted by Crippen LogP contribution is 2.44. The first-order valence-corrected chi connectivity index (χ1v) is 12.2. The van der Waals surface area contributed by atoms with Crippen molar-refractivity contribution in [3.8, 4) is 0 Å². The minimum atomic E-state index is -1.25. The number of carbonyl (C=O) groups excluding carboxylic acids is 2. The van der Waals surface area contributed by atoms with Gasteiger partial charge in [-0.3, -0.25) is 4.79 Å². The van der Waals surface area contributed by atoms with E-state index in [2.05, 4.69) is 4.98 Å². The highest BCUT2D eigenvalue weighted by molar-refractivity contribution is 6.34. The molecular weight excluding hydrogens is 494 g/mol. The van der Waals surface area contributed by atoms with Gasteiger partial charge in [0.05, 0.1) is 28.4 Å². The van der Waals surface area contributed by atoms with Crippen LogP contribution in [0.2, 0.25) is 5.02 Å². The summed E-state index contributed by atoms with van der Waals surface area (Å²) in [5.41, 5.74) is 9.11. The number of hydrogen-bond acceptors (Lipinski definition) is 5. The molecule has 0 fully saturated rings. The van der Waals surface area contributed by atoms with Crippen molar-refractivity contribution in [1.82, 2.24) is 9.88 Å². The van der Waals surface area contributed by atoms with Crippen LogP contribution in [0.1, 0.15) is 50.5 Å². The van der Waals surface area contributed by atoms with Crippen LogP contribution in [0.15, 0.2) is 66.7 Å². The molecule has 1 amide bonds. The molecule has 4 N–H and O–H groups in total. The molecule has 2 atom stereocenters. The van der Waals surface area contributed by atoms with Crippen molar-refractivity contribution in [2.24, 2.45) is 0 Å². The van der Waals surface area contributed by atoms with Gasteiger partial charge in [-0.15, -0.1) is 0 Å². The molecule has 0 bridgehead atoms. The molecule has 1 aliphatic rings. The number of ether oxygens (including phenoxy) is 1. The summed E-state index contributed by atoms with van der Waals surface area (Å²) in [5.74, 6) is -2.48. The molecule has 37 heavy (non-hydrogen) atoms. The lowest BCUT2D eigenvalue weighted by Gasteiger charge is -2.41. The molecule has 0 radical (unpaired) electrons. The zero-order valence-corrected chi connectivity index (χ0v) is 20.7. The Bertz CT molecular complexity index is 1550. The number of aromatic amines is 1. The van der Waals surface area contributed by atoms with Crippen molar-refractivity contribution in [2.75, 3.05) is 12.3 Å². The predicted octanol–water partition coefficient (Wildman–Crippen LogP) is 4.82. The smallest absolute Gasteiger partial charge is 0.336 e. The van der Waals surface area contributed by atoms with Gasteiger partial charge < -0.3 is 25.5 Å². The number of aromatic nitrogens is 1. The van der Waals surface area contributed by atoms with E-state index in [-0.39, 0.29) is 29.2 Å². The summed E-state index contributed by atoms with van der Waals surface area (Å²) in [4.78, 5) is 44.3. The minimum absolute atomic E-state index is 0.0473. The standard InChI is InChI=1S/C28H24ClN3O5/c1-2-37-28(36)22-14-19-15-8-5-6-13-21(15)31-24(19)25(18-11-7-12-20(30)23(18)29)32(22)26(33)16-9-3-4-10-17(16)27(34)35/h3-13,22,25,31H,2,14,30H2,1H3,(H,34,35)/t22-,25?/m0/s1. The first kappa shape index (κ1) is 24.4. The van der Waals surface area contributed by atoms with Gasteiger partial charge in [-0.25, -0.2) is 9.59 Å². The Hall–Kier alpha value is -4.30. The number of carbonyl (C=O) groups is 3. The number of esters is 1. The Labute approximate surface area is 217 Å². The first-order chi connectivity index (χ1) is 17.8. The normalized spacial score (nSPS) is 16.9. The van der Waals surface area contributed by atoms with Crippen molar-refractivity contribution >= 4 is 46.0 Å². The SMILES string of the molecule is CCOC(=O)[C@@H]1Cc2c([nH]c3ccccc23)C(c2cccc(N)c2Cl)N1C(=O)c1ccccc1C(=O)O. The van der Waals surface area contributed by atoms with E-state index in [0.717, 1.165) is 16.5 Å². The zero-order valence-electron chi connectivity index (χ0n) is 19.9. The van der Waals surface area contributed by atoms with E-state index < -0.39 is 29.9 Å². The molecule has 0 spiro atoms. The van der Waals surface area contributed by atoms with Crippen LogP contribution in [0.4, 0.5) is 5.69 Å². The summed E-state index contributed by atoms with van der Waals surface area (Å²) in [5, 5.41) is 10.9. The van der Waals surface area contributed by atoms with Gasteiger partial charge in [0.25, 0.3) is 5.91 Å². The molecule has 1 aliphatic heterocycles. The van der Waals surface area contributed by atoms with E-state index in [9.17, 15) is 19.5 Å². The van der Waals surface area contributed by atoms with Crippen molar-refractivity contribution < 1.29 is 24.2 Å². The van der Waals surface area contributed by atoms with Crippen LogP contribution < -0.4 is 5.73 Å². The number of fused-ring (bicyclic) bond motifs is 3. The summed E-state index contributed by atoms with van der Waals surface area (Å²) < 4.78 is 5.40. The largest absolute Gasteiger partial charge is 0.478 e. The Morgan fingerprint density at radius 3 is 2.49 bits per heavy atom. The molecule has 0 aliphatic carbocycles. The zero-order chi connectivity index (χ0) is 26.3. The number of carboxylic acids is 1. The monoisotopic (exact) mass is 517 g/mol. The number of nitrogen functional groups attached to an aromatic ring is 1. The number of halogens is 1. The summed E-state index contributed by atoms with van der Waals surface area (Å²) in [6.45, 7) is 1.81. The highest BCUT2D eigenvalue weighted by atomic mass is 35.5. The summed E-state index contributed by atoms with van der Waals surface area (Å²) >= 11 is 6.69. The van der Waals surface area contributed by atoms with Crippen molar-refractivity contribution in [3.05, 3.63) is 99.7 Å². The molecule has 1 aromatic heterocycles. The Morgan fingerprint density at radius 1 is 1.05 bits per heavy atom. The lowest BCUT2D eigenvalue weighted by atomic mass is 9.86. The minimum Gasteiger partial charge on any atom is -0.478 e. The number of para-hydroxylation sites is 1. The predicted molar refractivity (Wildman–Crippen MR) is 140 cm³/mol. The van der Waals surface area contributed by atoms with Crippen LogP contribution in [-0.2, 0) is 16.0 Å². The second-order valence-electron chi connectivity index (χ2n) is 8.75. The summed E-state index contributed by atoms with van der Waals surface area (Å²) in [6.07, 6.45) is 0.176. The lowest BCUT2D eigenvalue weighted by Crippen LogP contribution is -2.52. The molecule has 0 saturated heterocycles. The average molecular weight is 518 g/mol. The maximum atomic E-state index is 14.2. The van der Waals surface area contributed by atoms with Crippen LogP contribution >= 0.6 is 11.6 Å². The van der Waals surface area contributed by atoms with E-state index in [1.807, 2.05) is 24.3 Å². The Kier molecular flexibility index (Phi) is 6.35. The Morgan fingerprint density at radius 2 is 1.76 bits per heavy atom. The van der Waals surface area contributed by atoms with E-state index in [1.165, 1.54) is 17.0 Å². The van der Waals surface area contributed by atoms with Crippen LogP contribution in [0.3, 0.4) is 0 Å². The van der Waals surface area contributed by atoms with Crippen LogP contribution in [0.5, 0.6) is 0 Å². The second-order valence-corrected chi connectivity index (χ2v) is 9.13. The molecule has 8 nitrogen and oxygen atoms in total. The van der Waals surface area contributed by atoms with Gasteiger partial charge in [-0.1, -0.05) is 54.1 Å². The van der Waals surface area contributed by atoms with Gasteiger partial charge in [-0.2, -0.15) is 0 Å². The fourth-order valence-electron chi connectivity index (χ4n) is 5.06. The second kappa shape index (κ2) is 9.63.